The van der Waals surface area contributed by atoms with Crippen LogP contribution in [-0.2, 0) is 4.74 Å². The Kier molecular flexibility index (Phi) is 6.03. The standard InChI is InChI=1S/C22H23IN4O/c1-26(9-8-23)20-6-3-17(4-7-20)2-5-19-14-18-15-21(16-24-22(18)25-19)27-10-12-28-13-11-27/h3-4,6-7,14-16H,8-13H2,1H3,(H,24,25). The topological polar surface area (TPSA) is 44.4 Å². The van der Waals surface area contributed by atoms with Crippen LogP contribution in [0.1, 0.15) is 11.3 Å². The summed E-state index contributed by atoms with van der Waals surface area (Å²) in [6.45, 7) is 4.41. The van der Waals surface area contributed by atoms with Crippen molar-refractivity contribution in [2.24, 2.45) is 0 Å². The van der Waals surface area contributed by atoms with Gasteiger partial charge in [0.15, 0.2) is 0 Å². The van der Waals surface area contributed by atoms with E-state index in [0.29, 0.717) is 0 Å². The molecule has 6 heteroatoms. The molecule has 1 aromatic carbocycles. The number of nitrogens with one attached hydrogen (secondary N) is 1. The first kappa shape index (κ1) is 19.1. The number of aromatic nitrogens is 2. The second-order valence-corrected chi connectivity index (χ2v) is 7.90. The summed E-state index contributed by atoms with van der Waals surface area (Å²) in [5.41, 5.74) is 5.12. The van der Waals surface area contributed by atoms with E-state index < -0.39 is 0 Å². The lowest BCUT2D eigenvalue weighted by molar-refractivity contribution is 0.122. The molecule has 3 aromatic rings. The molecule has 0 amide bonds. The Balaban J connectivity index is 1.51. The van der Waals surface area contributed by atoms with Gasteiger partial charge in [-0.2, -0.15) is 0 Å². The third kappa shape index (κ3) is 4.42. The van der Waals surface area contributed by atoms with E-state index in [9.17, 15) is 0 Å². The molecule has 1 aliphatic heterocycles. The Bertz CT molecular complexity index is 997. The van der Waals surface area contributed by atoms with Crippen molar-refractivity contribution in [1.82, 2.24) is 9.97 Å². The molecule has 0 radical (unpaired) electrons. The molecule has 3 heterocycles. The maximum absolute atomic E-state index is 5.43. The number of ether oxygens (including phenoxy) is 1. The van der Waals surface area contributed by atoms with E-state index in [2.05, 4.69) is 97.6 Å². The maximum Gasteiger partial charge on any atom is 0.138 e. The molecule has 4 rings (SSSR count). The van der Waals surface area contributed by atoms with Crippen LogP contribution in [0.2, 0.25) is 0 Å². The molecule has 0 aliphatic carbocycles. The Morgan fingerprint density at radius 3 is 2.71 bits per heavy atom. The minimum atomic E-state index is 0.772. The number of nitrogens with zero attached hydrogens (tertiary/aromatic N) is 3. The van der Waals surface area contributed by atoms with Gasteiger partial charge in [-0.25, -0.2) is 4.98 Å². The largest absolute Gasteiger partial charge is 0.378 e. The first-order chi connectivity index (χ1) is 13.7. The molecule has 0 spiro atoms. The van der Waals surface area contributed by atoms with E-state index in [0.717, 1.165) is 65.3 Å². The fraction of sp³-hybridized carbons (Fsp3) is 0.318. The zero-order chi connectivity index (χ0) is 19.3. The molecule has 5 nitrogen and oxygen atoms in total. The predicted molar refractivity (Wildman–Crippen MR) is 124 cm³/mol. The highest BCUT2D eigenvalue weighted by atomic mass is 127. The lowest BCUT2D eigenvalue weighted by Gasteiger charge is -2.28. The van der Waals surface area contributed by atoms with Gasteiger partial charge in [0.1, 0.15) is 5.65 Å². The molecule has 28 heavy (non-hydrogen) atoms. The van der Waals surface area contributed by atoms with Crippen LogP contribution in [0.15, 0.2) is 42.6 Å². The molecule has 1 fully saturated rings. The number of morpholine rings is 1. The minimum Gasteiger partial charge on any atom is -0.378 e. The number of halogens is 1. The van der Waals surface area contributed by atoms with Crippen LogP contribution in [-0.4, -0.2) is 54.3 Å². The number of fused-ring (bicyclic) bond motifs is 1. The third-order valence-corrected chi connectivity index (χ3v) is 5.38. The van der Waals surface area contributed by atoms with Gasteiger partial charge < -0.3 is 19.5 Å². The normalized spacial score (nSPS) is 14.0. The van der Waals surface area contributed by atoms with Crippen LogP contribution in [0.3, 0.4) is 0 Å². The highest BCUT2D eigenvalue weighted by molar-refractivity contribution is 14.1. The molecular formula is C22H23IN4O. The summed E-state index contributed by atoms with van der Waals surface area (Å²) in [6, 6.07) is 12.6. The number of hydrogen-bond acceptors (Lipinski definition) is 4. The van der Waals surface area contributed by atoms with E-state index in [1.54, 1.807) is 0 Å². The second-order valence-electron chi connectivity index (χ2n) is 6.82. The quantitative estimate of drug-likeness (QED) is 0.348. The van der Waals surface area contributed by atoms with Gasteiger partial charge in [0.2, 0.25) is 0 Å². The monoisotopic (exact) mass is 486 g/mol. The summed E-state index contributed by atoms with van der Waals surface area (Å²) < 4.78 is 6.54. The molecule has 0 atom stereocenters. The Morgan fingerprint density at radius 2 is 1.96 bits per heavy atom. The SMILES string of the molecule is CN(CCI)c1ccc(C#Cc2cc3cc(N4CCOCC4)cnc3[nH]2)cc1. The number of rotatable bonds is 4. The molecule has 144 valence electrons. The number of alkyl halides is 1. The first-order valence-corrected chi connectivity index (χ1v) is 11.0. The summed E-state index contributed by atoms with van der Waals surface area (Å²) in [7, 11) is 2.11. The van der Waals surface area contributed by atoms with Crippen LogP contribution in [0.4, 0.5) is 11.4 Å². The van der Waals surface area contributed by atoms with E-state index in [1.165, 1.54) is 5.69 Å². The minimum absolute atomic E-state index is 0.772. The van der Waals surface area contributed by atoms with Gasteiger partial charge in [-0.3, -0.25) is 0 Å². The van der Waals surface area contributed by atoms with Crippen molar-refractivity contribution in [1.29, 1.82) is 0 Å². The average molecular weight is 486 g/mol. The molecule has 1 N–H and O–H groups in total. The summed E-state index contributed by atoms with van der Waals surface area (Å²) in [6.07, 6.45) is 1.92. The summed E-state index contributed by atoms with van der Waals surface area (Å²) >= 11 is 2.40. The maximum atomic E-state index is 5.43. The fourth-order valence-corrected chi connectivity index (χ4v) is 3.98. The number of hydrogen-bond donors (Lipinski definition) is 1. The van der Waals surface area contributed by atoms with E-state index in [-0.39, 0.29) is 0 Å². The zero-order valence-corrected chi connectivity index (χ0v) is 18.1. The molecule has 1 aliphatic rings. The lowest BCUT2D eigenvalue weighted by atomic mass is 10.2. The molecule has 0 bridgehead atoms. The first-order valence-electron chi connectivity index (χ1n) is 9.43. The van der Waals surface area contributed by atoms with Gasteiger partial charge in [0.05, 0.1) is 30.8 Å². The average Bonchev–Trinajstić information content (AvgIpc) is 3.15. The van der Waals surface area contributed by atoms with E-state index in [1.807, 2.05) is 6.20 Å². The van der Waals surface area contributed by atoms with Crippen LogP contribution < -0.4 is 9.80 Å². The van der Waals surface area contributed by atoms with Crippen molar-refractivity contribution in [2.75, 3.05) is 54.1 Å². The summed E-state index contributed by atoms with van der Waals surface area (Å²) in [5, 5.41) is 1.09. The van der Waals surface area contributed by atoms with Gasteiger partial charge in [-0.15, -0.1) is 0 Å². The van der Waals surface area contributed by atoms with Crippen LogP contribution in [0.5, 0.6) is 0 Å². The van der Waals surface area contributed by atoms with E-state index >= 15 is 0 Å². The third-order valence-electron chi connectivity index (χ3n) is 4.90. The highest BCUT2D eigenvalue weighted by Gasteiger charge is 2.12. The van der Waals surface area contributed by atoms with Crippen molar-refractivity contribution in [2.45, 2.75) is 0 Å². The van der Waals surface area contributed by atoms with Crippen molar-refractivity contribution in [3.63, 3.8) is 0 Å². The Hall–Kier alpha value is -2.24. The fourth-order valence-electron chi connectivity index (χ4n) is 3.26. The van der Waals surface area contributed by atoms with Crippen molar-refractivity contribution < 1.29 is 4.74 Å². The van der Waals surface area contributed by atoms with Gasteiger partial charge >= 0.3 is 0 Å². The van der Waals surface area contributed by atoms with Gasteiger partial charge in [-0.1, -0.05) is 28.5 Å². The summed E-state index contributed by atoms with van der Waals surface area (Å²) in [4.78, 5) is 12.4. The Labute approximate surface area is 179 Å². The molecular weight excluding hydrogens is 463 g/mol. The van der Waals surface area contributed by atoms with Crippen LogP contribution >= 0.6 is 22.6 Å². The molecule has 0 unspecified atom stereocenters. The molecule has 2 aromatic heterocycles. The van der Waals surface area contributed by atoms with Crippen molar-refractivity contribution in [3.8, 4) is 11.8 Å². The van der Waals surface area contributed by atoms with Crippen molar-refractivity contribution >= 4 is 45.0 Å². The predicted octanol–water partition coefficient (Wildman–Crippen LogP) is 3.67. The smallest absolute Gasteiger partial charge is 0.138 e. The summed E-state index contributed by atoms with van der Waals surface area (Å²) in [5.74, 6) is 6.47. The van der Waals surface area contributed by atoms with Crippen LogP contribution in [0, 0.1) is 11.8 Å². The van der Waals surface area contributed by atoms with Gasteiger partial charge in [0, 0.05) is 47.7 Å². The molecule has 0 saturated carbocycles. The lowest BCUT2D eigenvalue weighted by Crippen LogP contribution is -2.36. The number of aromatic amines is 1. The van der Waals surface area contributed by atoms with Gasteiger partial charge in [0.25, 0.3) is 0 Å². The van der Waals surface area contributed by atoms with E-state index in [4.69, 9.17) is 4.74 Å². The number of anilines is 2. The highest BCUT2D eigenvalue weighted by Crippen LogP contribution is 2.21. The number of H-pyrrole nitrogens is 1. The Morgan fingerprint density at radius 1 is 1.18 bits per heavy atom. The zero-order valence-electron chi connectivity index (χ0n) is 15.9. The van der Waals surface area contributed by atoms with Crippen molar-refractivity contribution in [3.05, 3.63) is 53.9 Å². The number of benzene rings is 1. The number of pyridine rings is 1. The van der Waals surface area contributed by atoms with Gasteiger partial charge in [-0.05, 0) is 42.3 Å². The van der Waals surface area contributed by atoms with Crippen LogP contribution in [0.25, 0.3) is 11.0 Å². The molecule has 1 saturated heterocycles. The second kappa shape index (κ2) is 8.84.